The minimum atomic E-state index is -4.77. The fourth-order valence-corrected chi connectivity index (χ4v) is 8.24. The number of halogens is 2. The van der Waals surface area contributed by atoms with Gasteiger partial charge in [-0.25, -0.2) is 31.5 Å². The van der Waals surface area contributed by atoms with Crippen LogP contribution in [0.2, 0.25) is 0 Å². The summed E-state index contributed by atoms with van der Waals surface area (Å²) in [5.74, 6) is -0.846. The quantitative estimate of drug-likeness (QED) is 0.269. The van der Waals surface area contributed by atoms with Crippen molar-refractivity contribution in [2.45, 2.75) is 61.9 Å². The van der Waals surface area contributed by atoms with Gasteiger partial charge in [-0.15, -0.1) is 0 Å². The highest BCUT2D eigenvalue weighted by Crippen LogP contribution is 2.40. The molecule has 9 nitrogen and oxygen atoms in total. The largest absolute Gasteiger partial charge is 0.497 e. The Morgan fingerprint density at radius 3 is 2.36 bits per heavy atom. The van der Waals surface area contributed by atoms with Crippen LogP contribution in [0.1, 0.15) is 50.5 Å². The number of sulfonamides is 1. The molecule has 1 saturated heterocycles. The summed E-state index contributed by atoms with van der Waals surface area (Å²) in [6.07, 6.45) is 10.4. The van der Waals surface area contributed by atoms with Crippen LogP contribution in [0.5, 0.6) is 11.5 Å². The smallest absolute Gasteiger partial charge is 0.271 e. The zero-order valence-electron chi connectivity index (χ0n) is 25.8. The first-order valence-corrected chi connectivity index (χ1v) is 16.4. The Balaban J connectivity index is 1.49. The lowest BCUT2D eigenvalue weighted by Gasteiger charge is -2.49. The molecule has 1 aliphatic carbocycles. The number of ether oxygens (including phenoxy) is 2. The maximum Gasteiger partial charge on any atom is 0.271 e. The van der Waals surface area contributed by atoms with E-state index in [2.05, 4.69) is 29.0 Å². The topological polar surface area (TPSA) is 88.1 Å². The third-order valence-electron chi connectivity index (χ3n) is 9.17. The summed E-state index contributed by atoms with van der Waals surface area (Å²) in [5, 5.41) is 0. The van der Waals surface area contributed by atoms with Gasteiger partial charge in [0.2, 0.25) is 0 Å². The lowest BCUT2D eigenvalue weighted by atomic mass is 9.79. The van der Waals surface area contributed by atoms with Crippen molar-refractivity contribution in [2.24, 2.45) is 5.92 Å². The number of hydrogen-bond donors (Lipinski definition) is 0. The highest BCUT2D eigenvalue weighted by Gasteiger charge is 2.41. The van der Waals surface area contributed by atoms with E-state index in [4.69, 9.17) is 9.47 Å². The highest BCUT2D eigenvalue weighted by atomic mass is 32.2. The molecule has 0 spiro atoms. The van der Waals surface area contributed by atoms with Gasteiger partial charge in [0, 0.05) is 48.2 Å². The summed E-state index contributed by atoms with van der Waals surface area (Å²) in [4.78, 5) is 11.2. The number of anilines is 2. The predicted molar refractivity (Wildman–Crippen MR) is 166 cm³/mol. The van der Waals surface area contributed by atoms with Crippen LogP contribution in [-0.2, 0) is 16.6 Å². The second kappa shape index (κ2) is 13.2. The average Bonchev–Trinajstić information content (AvgIpc) is 3.52. The van der Waals surface area contributed by atoms with Crippen LogP contribution < -0.4 is 18.7 Å². The Kier molecular flexibility index (Phi) is 9.59. The SMILES string of the molecule is COc1ccc(CN(c2ccncn2)S(=O)(=O)c2c(F)cc(N3CCC[C@](CC4CCCC4)(N(C)C)C3)cc2F)c(OC)c1. The zero-order chi connectivity index (χ0) is 31.5. The third kappa shape index (κ3) is 6.46. The molecular formula is C32H41F2N5O4S. The first kappa shape index (κ1) is 31.9. The van der Waals surface area contributed by atoms with Gasteiger partial charge in [-0.1, -0.05) is 25.7 Å². The number of nitrogens with zero attached hydrogens (tertiary/aromatic N) is 5. The lowest BCUT2D eigenvalue weighted by molar-refractivity contribution is 0.0957. The van der Waals surface area contributed by atoms with Crippen LogP contribution in [0.15, 0.2) is 53.8 Å². The zero-order valence-corrected chi connectivity index (χ0v) is 26.6. The maximum absolute atomic E-state index is 15.9. The molecule has 1 saturated carbocycles. The molecule has 1 aliphatic heterocycles. The Bertz CT molecular complexity index is 1530. The molecule has 1 aromatic heterocycles. The summed E-state index contributed by atoms with van der Waals surface area (Å²) in [5.41, 5.74) is 0.664. The Labute approximate surface area is 258 Å². The van der Waals surface area contributed by atoms with Crippen molar-refractivity contribution in [3.8, 4) is 11.5 Å². The van der Waals surface area contributed by atoms with Crippen LogP contribution in [0.3, 0.4) is 0 Å². The molecule has 2 fully saturated rings. The predicted octanol–water partition coefficient (Wildman–Crippen LogP) is 5.65. The van der Waals surface area contributed by atoms with Crippen LogP contribution in [-0.4, -0.2) is 70.2 Å². The van der Waals surface area contributed by atoms with Crippen molar-refractivity contribution in [3.05, 3.63) is 66.1 Å². The van der Waals surface area contributed by atoms with E-state index in [1.807, 2.05) is 4.90 Å². The number of piperidine rings is 1. The monoisotopic (exact) mass is 629 g/mol. The Morgan fingerprint density at radius 1 is 1.02 bits per heavy atom. The lowest BCUT2D eigenvalue weighted by Crippen LogP contribution is -2.57. The highest BCUT2D eigenvalue weighted by molar-refractivity contribution is 7.92. The van der Waals surface area contributed by atoms with Crippen molar-refractivity contribution in [1.82, 2.24) is 14.9 Å². The van der Waals surface area contributed by atoms with Gasteiger partial charge in [-0.3, -0.25) is 0 Å². The second-order valence-electron chi connectivity index (χ2n) is 12.0. The fraction of sp³-hybridized carbons (Fsp3) is 0.500. The van der Waals surface area contributed by atoms with Gasteiger partial charge >= 0.3 is 0 Å². The second-order valence-corrected chi connectivity index (χ2v) is 13.8. The van der Waals surface area contributed by atoms with Gasteiger partial charge in [0.25, 0.3) is 10.0 Å². The number of aromatic nitrogens is 2. The van der Waals surface area contributed by atoms with Crippen molar-refractivity contribution in [1.29, 1.82) is 0 Å². The van der Waals surface area contributed by atoms with E-state index in [9.17, 15) is 8.42 Å². The molecule has 238 valence electrons. The third-order valence-corrected chi connectivity index (χ3v) is 11.0. The minimum absolute atomic E-state index is 0.0422. The molecule has 3 aromatic rings. The number of rotatable bonds is 11. The van der Waals surface area contributed by atoms with Gasteiger partial charge in [0.15, 0.2) is 4.90 Å². The molecule has 0 N–H and O–H groups in total. The van der Waals surface area contributed by atoms with Crippen molar-refractivity contribution in [3.63, 3.8) is 0 Å². The summed E-state index contributed by atoms with van der Waals surface area (Å²) in [6, 6.07) is 8.55. The average molecular weight is 630 g/mol. The molecule has 0 bridgehead atoms. The van der Waals surface area contributed by atoms with E-state index in [0.29, 0.717) is 41.8 Å². The molecule has 0 radical (unpaired) electrons. The normalized spacial score (nSPS) is 19.4. The van der Waals surface area contributed by atoms with Crippen molar-refractivity contribution in [2.75, 3.05) is 50.6 Å². The molecule has 2 heterocycles. The molecular weight excluding hydrogens is 588 g/mol. The number of benzene rings is 2. The van der Waals surface area contributed by atoms with Gasteiger partial charge in [0.1, 0.15) is 35.3 Å². The molecule has 5 rings (SSSR count). The summed E-state index contributed by atoms with van der Waals surface area (Å²) >= 11 is 0. The first-order chi connectivity index (χ1) is 21.1. The van der Waals surface area contributed by atoms with Gasteiger partial charge in [0.05, 0.1) is 20.8 Å². The fourth-order valence-electron chi connectivity index (χ4n) is 6.74. The molecule has 0 unspecified atom stereocenters. The number of methoxy groups -OCH3 is 2. The van der Waals surface area contributed by atoms with Crippen LogP contribution in [0.25, 0.3) is 0 Å². The molecule has 44 heavy (non-hydrogen) atoms. The molecule has 0 amide bonds. The van der Waals surface area contributed by atoms with E-state index in [1.165, 1.54) is 58.5 Å². The van der Waals surface area contributed by atoms with Crippen LogP contribution in [0, 0.1) is 17.6 Å². The first-order valence-electron chi connectivity index (χ1n) is 15.0. The van der Waals surface area contributed by atoms with E-state index in [-0.39, 0.29) is 17.9 Å². The number of likely N-dealkylation sites (N-methyl/N-ethyl adjacent to an activating group) is 1. The van der Waals surface area contributed by atoms with Crippen LogP contribution in [0.4, 0.5) is 20.3 Å². The van der Waals surface area contributed by atoms with Crippen LogP contribution >= 0.6 is 0 Å². The molecule has 2 aliphatic rings. The van der Waals surface area contributed by atoms with Gasteiger partial charge < -0.3 is 19.3 Å². The Hall–Kier alpha value is -3.51. The Morgan fingerprint density at radius 2 is 1.75 bits per heavy atom. The maximum atomic E-state index is 15.9. The van der Waals surface area contributed by atoms with Gasteiger partial charge in [-0.2, -0.15) is 0 Å². The van der Waals surface area contributed by atoms with Gasteiger partial charge in [-0.05, 0) is 63.5 Å². The van der Waals surface area contributed by atoms with E-state index in [1.54, 1.807) is 18.2 Å². The standard InChI is InChI=1S/C32H41F2N5O4S/c1-37(2)32(19-23-8-5-6-9-23)13-7-15-38(21-32)25-16-27(33)31(28(34)17-25)44(40,41)39(30-12-14-35-22-36-30)20-24-10-11-26(42-3)18-29(24)43-4/h10-12,14,16-18,22-23H,5-9,13,15,19-21H2,1-4H3/t32-/m1/s1. The number of hydrogen-bond acceptors (Lipinski definition) is 8. The molecule has 1 atom stereocenters. The minimum Gasteiger partial charge on any atom is -0.497 e. The molecule has 2 aromatic carbocycles. The van der Waals surface area contributed by atoms with E-state index >= 15 is 8.78 Å². The summed E-state index contributed by atoms with van der Waals surface area (Å²) < 4.78 is 71.6. The van der Waals surface area contributed by atoms with E-state index < -0.39 is 26.6 Å². The molecule has 12 heteroatoms. The van der Waals surface area contributed by atoms with E-state index in [0.717, 1.165) is 35.7 Å². The van der Waals surface area contributed by atoms with Crippen molar-refractivity contribution >= 4 is 21.5 Å². The van der Waals surface area contributed by atoms with Crippen molar-refractivity contribution < 1.29 is 26.7 Å². The summed E-state index contributed by atoms with van der Waals surface area (Å²) in [6.45, 7) is 0.952. The summed E-state index contributed by atoms with van der Waals surface area (Å²) in [7, 11) is 2.33.